The molecule has 1 unspecified atom stereocenters. The van der Waals surface area contributed by atoms with Crippen LogP contribution in [0.4, 0.5) is 4.79 Å². The largest absolute Gasteiger partial charge is 0.444 e. The first-order valence-corrected chi connectivity index (χ1v) is 7.78. The number of amides is 1. The van der Waals surface area contributed by atoms with Gasteiger partial charge in [0.1, 0.15) is 5.60 Å². The van der Waals surface area contributed by atoms with Gasteiger partial charge in [-0.15, -0.1) is 11.3 Å². The number of aryl methyl sites for hydroxylation is 1. The number of thiazole rings is 1. The first kappa shape index (κ1) is 16.9. The van der Waals surface area contributed by atoms with E-state index in [0.29, 0.717) is 6.54 Å². The lowest BCUT2D eigenvalue weighted by Gasteiger charge is -2.19. The molecular weight excluding hydrogens is 274 g/mol. The van der Waals surface area contributed by atoms with Crippen LogP contribution in [0.15, 0.2) is 5.38 Å². The van der Waals surface area contributed by atoms with Gasteiger partial charge in [0.2, 0.25) is 0 Å². The second kappa shape index (κ2) is 7.59. The Balaban J connectivity index is 2.12. The first-order valence-electron chi connectivity index (χ1n) is 6.90. The summed E-state index contributed by atoms with van der Waals surface area (Å²) < 4.78 is 5.16. The molecule has 1 heterocycles. The molecule has 0 saturated carbocycles. The van der Waals surface area contributed by atoms with Crippen molar-refractivity contribution in [3.8, 4) is 0 Å². The maximum absolute atomic E-state index is 11.4. The van der Waals surface area contributed by atoms with E-state index in [1.165, 1.54) is 0 Å². The highest BCUT2D eigenvalue weighted by Crippen LogP contribution is 2.15. The van der Waals surface area contributed by atoms with Crippen LogP contribution < -0.4 is 10.6 Å². The molecule has 2 N–H and O–H groups in total. The summed E-state index contributed by atoms with van der Waals surface area (Å²) in [6.07, 6.45) is 0.493. The predicted octanol–water partition coefficient (Wildman–Crippen LogP) is 3.02. The van der Waals surface area contributed by atoms with E-state index in [1.54, 1.807) is 11.3 Å². The van der Waals surface area contributed by atoms with Crippen LogP contribution in [-0.4, -0.2) is 29.8 Å². The van der Waals surface area contributed by atoms with E-state index in [9.17, 15) is 4.79 Å². The number of nitrogens with one attached hydrogen (secondary N) is 2. The van der Waals surface area contributed by atoms with Gasteiger partial charge in [-0.25, -0.2) is 9.78 Å². The van der Waals surface area contributed by atoms with Crippen molar-refractivity contribution in [2.24, 2.45) is 0 Å². The molecule has 1 rings (SSSR count). The van der Waals surface area contributed by atoms with E-state index < -0.39 is 5.60 Å². The lowest BCUT2D eigenvalue weighted by Crippen LogP contribution is -2.34. The number of ether oxygens (including phenoxy) is 1. The van der Waals surface area contributed by atoms with Crippen molar-refractivity contribution in [3.05, 3.63) is 16.1 Å². The fourth-order valence-corrected chi connectivity index (χ4v) is 2.30. The molecule has 0 fully saturated rings. The standard InChI is InChI=1S/C14H25N3O2S/c1-10(12-9-20-11(2)17-12)15-7-6-8-16-13(18)19-14(3,4)5/h9-10,15H,6-8H2,1-5H3,(H,16,18). The fourth-order valence-electron chi connectivity index (χ4n) is 1.60. The number of hydrogen-bond acceptors (Lipinski definition) is 5. The summed E-state index contributed by atoms with van der Waals surface area (Å²) >= 11 is 1.66. The van der Waals surface area contributed by atoms with Gasteiger partial charge >= 0.3 is 6.09 Å². The molecule has 1 amide bonds. The number of nitrogens with zero attached hydrogens (tertiary/aromatic N) is 1. The van der Waals surface area contributed by atoms with E-state index >= 15 is 0 Å². The molecule has 1 atom stereocenters. The Morgan fingerprint density at radius 2 is 2.15 bits per heavy atom. The van der Waals surface area contributed by atoms with Crippen molar-refractivity contribution in [3.63, 3.8) is 0 Å². The van der Waals surface area contributed by atoms with E-state index in [-0.39, 0.29) is 12.1 Å². The maximum atomic E-state index is 11.4. The molecule has 0 spiro atoms. The Hall–Kier alpha value is -1.14. The third kappa shape index (κ3) is 6.86. The zero-order chi connectivity index (χ0) is 15.2. The van der Waals surface area contributed by atoms with E-state index in [2.05, 4.69) is 27.9 Å². The molecule has 0 saturated heterocycles. The zero-order valence-electron chi connectivity index (χ0n) is 12.9. The molecule has 1 aromatic rings. The fraction of sp³-hybridized carbons (Fsp3) is 0.714. The monoisotopic (exact) mass is 299 g/mol. The van der Waals surface area contributed by atoms with Crippen LogP contribution >= 0.6 is 11.3 Å². The summed E-state index contributed by atoms with van der Waals surface area (Å²) in [7, 11) is 0. The Kier molecular flexibility index (Phi) is 6.42. The average molecular weight is 299 g/mol. The van der Waals surface area contributed by atoms with Gasteiger partial charge in [-0.1, -0.05) is 0 Å². The Bertz CT molecular complexity index is 426. The summed E-state index contributed by atoms with van der Waals surface area (Å²) in [5.41, 5.74) is 0.631. The summed E-state index contributed by atoms with van der Waals surface area (Å²) in [5.74, 6) is 0. The number of carbonyl (C=O) groups is 1. The van der Waals surface area contributed by atoms with Gasteiger partial charge in [0.05, 0.1) is 10.7 Å². The Morgan fingerprint density at radius 1 is 1.45 bits per heavy atom. The van der Waals surface area contributed by atoms with Crippen molar-refractivity contribution in [1.82, 2.24) is 15.6 Å². The molecule has 0 aliphatic rings. The smallest absolute Gasteiger partial charge is 0.407 e. The third-order valence-electron chi connectivity index (χ3n) is 2.55. The molecule has 0 aliphatic heterocycles. The minimum absolute atomic E-state index is 0.237. The van der Waals surface area contributed by atoms with Crippen molar-refractivity contribution in [2.45, 2.75) is 52.7 Å². The number of aromatic nitrogens is 1. The minimum Gasteiger partial charge on any atom is -0.444 e. The molecule has 5 nitrogen and oxygen atoms in total. The molecule has 0 aliphatic carbocycles. The summed E-state index contributed by atoms with van der Waals surface area (Å²) in [6.45, 7) is 11.1. The van der Waals surface area contributed by atoms with Crippen LogP contribution in [-0.2, 0) is 4.74 Å². The van der Waals surface area contributed by atoms with Crippen molar-refractivity contribution in [2.75, 3.05) is 13.1 Å². The average Bonchev–Trinajstić information content (AvgIpc) is 2.73. The van der Waals surface area contributed by atoms with Gasteiger partial charge in [0.15, 0.2) is 0 Å². The van der Waals surface area contributed by atoms with Gasteiger partial charge < -0.3 is 15.4 Å². The highest BCUT2D eigenvalue weighted by Gasteiger charge is 2.15. The topological polar surface area (TPSA) is 63.2 Å². The van der Waals surface area contributed by atoms with Crippen LogP contribution in [0.2, 0.25) is 0 Å². The second-order valence-corrected chi connectivity index (χ2v) is 6.81. The quantitative estimate of drug-likeness (QED) is 0.793. The van der Waals surface area contributed by atoms with E-state index in [1.807, 2.05) is 27.7 Å². The molecule has 114 valence electrons. The maximum Gasteiger partial charge on any atom is 0.407 e. The normalized spacial score (nSPS) is 13.1. The Labute approximate surface area is 125 Å². The second-order valence-electron chi connectivity index (χ2n) is 5.75. The van der Waals surface area contributed by atoms with E-state index in [4.69, 9.17) is 4.74 Å². The molecule has 0 bridgehead atoms. The molecule has 6 heteroatoms. The van der Waals surface area contributed by atoms with Crippen LogP contribution in [0.3, 0.4) is 0 Å². The lowest BCUT2D eigenvalue weighted by molar-refractivity contribution is 0.0527. The molecule has 1 aromatic heterocycles. The van der Waals surface area contributed by atoms with Gasteiger partial charge in [-0.3, -0.25) is 0 Å². The summed E-state index contributed by atoms with van der Waals surface area (Å²) in [4.78, 5) is 15.9. The van der Waals surface area contributed by atoms with Crippen molar-refractivity contribution >= 4 is 17.4 Å². The number of carbonyl (C=O) groups excluding carboxylic acids is 1. The zero-order valence-corrected chi connectivity index (χ0v) is 13.8. The van der Waals surface area contributed by atoms with Crippen LogP contribution in [0.5, 0.6) is 0 Å². The van der Waals surface area contributed by atoms with Crippen molar-refractivity contribution < 1.29 is 9.53 Å². The molecule has 0 aromatic carbocycles. The van der Waals surface area contributed by atoms with Crippen molar-refractivity contribution in [1.29, 1.82) is 0 Å². The minimum atomic E-state index is -0.445. The van der Waals surface area contributed by atoms with Gasteiger partial charge in [-0.2, -0.15) is 0 Å². The van der Waals surface area contributed by atoms with Gasteiger partial charge in [0, 0.05) is 18.0 Å². The first-order chi connectivity index (χ1) is 9.28. The van der Waals surface area contributed by atoms with Crippen LogP contribution in [0, 0.1) is 6.92 Å². The third-order valence-corrected chi connectivity index (χ3v) is 3.34. The van der Waals surface area contributed by atoms with Gasteiger partial charge in [0.25, 0.3) is 0 Å². The number of hydrogen-bond donors (Lipinski definition) is 2. The number of alkyl carbamates (subject to hydrolysis) is 1. The highest BCUT2D eigenvalue weighted by molar-refractivity contribution is 7.09. The van der Waals surface area contributed by atoms with Crippen LogP contribution in [0.1, 0.15) is 50.9 Å². The summed E-state index contributed by atoms with van der Waals surface area (Å²) in [5, 5.41) is 9.29. The molecule has 20 heavy (non-hydrogen) atoms. The number of rotatable bonds is 6. The Morgan fingerprint density at radius 3 is 2.70 bits per heavy atom. The molecular formula is C14H25N3O2S. The van der Waals surface area contributed by atoms with Gasteiger partial charge in [-0.05, 0) is 47.6 Å². The lowest BCUT2D eigenvalue weighted by atomic mass is 10.2. The SMILES string of the molecule is Cc1nc(C(C)NCCCNC(=O)OC(C)(C)C)cs1. The highest BCUT2D eigenvalue weighted by atomic mass is 32.1. The van der Waals surface area contributed by atoms with Crippen LogP contribution in [0.25, 0.3) is 0 Å². The predicted molar refractivity (Wildman–Crippen MR) is 82.1 cm³/mol. The summed E-state index contributed by atoms with van der Waals surface area (Å²) in [6, 6.07) is 0.237. The van der Waals surface area contributed by atoms with E-state index in [0.717, 1.165) is 23.7 Å². The molecule has 0 radical (unpaired) electrons.